The molecule has 122 valence electrons. The lowest BCUT2D eigenvalue weighted by Crippen LogP contribution is -2.34. The molecule has 1 aliphatic rings. The highest BCUT2D eigenvalue weighted by atomic mass is 19.4. The molecular formula is C14H17F3N2O3. The molecule has 0 radical (unpaired) electrons. The van der Waals surface area contributed by atoms with E-state index in [0.29, 0.717) is 31.6 Å². The molecule has 0 aliphatic heterocycles. The topological polar surface area (TPSA) is 71.3 Å². The van der Waals surface area contributed by atoms with Crippen LogP contribution in [0.5, 0.6) is 0 Å². The standard InChI is InChI=1S/C14H17F3N2O3/c15-14(16,17)10-2-4-13(22)19(7-10)8-12(21)18-6-9-1-3-11(20)5-9/h2,4,7,9,11,20H,1,3,5-6,8H2,(H,18,21)/t9-,11+/m1/s1. The number of aliphatic hydroxyl groups is 1. The van der Waals surface area contributed by atoms with Gasteiger partial charge < -0.3 is 15.0 Å². The molecule has 2 rings (SSSR count). The van der Waals surface area contributed by atoms with Crippen LogP contribution in [-0.2, 0) is 17.5 Å². The quantitative estimate of drug-likeness (QED) is 0.875. The summed E-state index contributed by atoms with van der Waals surface area (Å²) in [5.74, 6) is -0.361. The van der Waals surface area contributed by atoms with Gasteiger partial charge in [0.25, 0.3) is 5.56 Å². The van der Waals surface area contributed by atoms with Crippen LogP contribution >= 0.6 is 0 Å². The number of hydrogen-bond donors (Lipinski definition) is 2. The van der Waals surface area contributed by atoms with Crippen LogP contribution in [0.15, 0.2) is 23.1 Å². The van der Waals surface area contributed by atoms with Crippen molar-refractivity contribution in [1.29, 1.82) is 0 Å². The second-order valence-corrected chi connectivity index (χ2v) is 5.52. The van der Waals surface area contributed by atoms with E-state index in [1.807, 2.05) is 0 Å². The Hall–Kier alpha value is -1.83. The van der Waals surface area contributed by atoms with E-state index in [9.17, 15) is 27.9 Å². The highest BCUT2D eigenvalue weighted by Crippen LogP contribution is 2.28. The molecule has 1 aliphatic carbocycles. The van der Waals surface area contributed by atoms with Crippen LogP contribution in [0.3, 0.4) is 0 Å². The van der Waals surface area contributed by atoms with E-state index in [1.54, 1.807) is 0 Å². The smallest absolute Gasteiger partial charge is 0.393 e. The summed E-state index contributed by atoms with van der Waals surface area (Å²) in [7, 11) is 0. The fourth-order valence-electron chi connectivity index (χ4n) is 2.53. The zero-order valence-corrected chi connectivity index (χ0v) is 11.8. The lowest BCUT2D eigenvalue weighted by molar-refractivity contribution is -0.138. The van der Waals surface area contributed by atoms with Gasteiger partial charge in [0.05, 0.1) is 11.7 Å². The molecule has 1 aromatic rings. The van der Waals surface area contributed by atoms with Gasteiger partial charge in [0, 0.05) is 18.8 Å². The minimum Gasteiger partial charge on any atom is -0.393 e. The number of amides is 1. The molecule has 2 atom stereocenters. The second-order valence-electron chi connectivity index (χ2n) is 5.52. The van der Waals surface area contributed by atoms with Gasteiger partial charge in [0.15, 0.2) is 0 Å². The first-order chi connectivity index (χ1) is 10.3. The van der Waals surface area contributed by atoms with Crippen molar-refractivity contribution in [3.8, 4) is 0 Å². The summed E-state index contributed by atoms with van der Waals surface area (Å²) < 4.78 is 38.5. The van der Waals surface area contributed by atoms with Gasteiger partial charge in [-0.25, -0.2) is 0 Å². The highest BCUT2D eigenvalue weighted by molar-refractivity contribution is 5.75. The maximum absolute atomic E-state index is 12.6. The Labute approximate surface area is 124 Å². The first-order valence-electron chi connectivity index (χ1n) is 6.98. The van der Waals surface area contributed by atoms with Crippen molar-refractivity contribution in [2.45, 2.75) is 38.1 Å². The SMILES string of the molecule is O=C(Cn1cc(C(F)(F)F)ccc1=O)NC[C@@H]1CC[C@H](O)C1. The predicted octanol–water partition coefficient (Wildman–Crippen LogP) is 1.14. The Balaban J connectivity index is 1.95. The maximum atomic E-state index is 12.6. The third-order valence-electron chi connectivity index (χ3n) is 3.73. The molecule has 1 aromatic heterocycles. The second kappa shape index (κ2) is 6.51. The fraction of sp³-hybridized carbons (Fsp3) is 0.571. The van der Waals surface area contributed by atoms with Crippen LogP contribution in [0.1, 0.15) is 24.8 Å². The van der Waals surface area contributed by atoms with Gasteiger partial charge in [-0.2, -0.15) is 13.2 Å². The van der Waals surface area contributed by atoms with Gasteiger partial charge in [0.2, 0.25) is 5.91 Å². The number of aliphatic hydroxyl groups excluding tert-OH is 1. The Morgan fingerprint density at radius 3 is 2.68 bits per heavy atom. The molecule has 0 bridgehead atoms. The zero-order chi connectivity index (χ0) is 16.3. The summed E-state index contributed by atoms with van der Waals surface area (Å²) in [5, 5.41) is 12.0. The van der Waals surface area contributed by atoms with Crippen molar-refractivity contribution in [1.82, 2.24) is 9.88 Å². The van der Waals surface area contributed by atoms with Crippen LogP contribution in [0.4, 0.5) is 13.2 Å². The first kappa shape index (κ1) is 16.5. The van der Waals surface area contributed by atoms with E-state index >= 15 is 0 Å². The van der Waals surface area contributed by atoms with E-state index in [-0.39, 0.29) is 12.0 Å². The van der Waals surface area contributed by atoms with Crippen LogP contribution in [0.2, 0.25) is 0 Å². The first-order valence-corrected chi connectivity index (χ1v) is 6.98. The van der Waals surface area contributed by atoms with E-state index < -0.39 is 29.8 Å². The number of aromatic nitrogens is 1. The van der Waals surface area contributed by atoms with Crippen molar-refractivity contribution < 1.29 is 23.1 Å². The average molecular weight is 318 g/mol. The number of pyridine rings is 1. The largest absolute Gasteiger partial charge is 0.417 e. The van der Waals surface area contributed by atoms with Gasteiger partial charge in [-0.3, -0.25) is 9.59 Å². The Morgan fingerprint density at radius 1 is 1.36 bits per heavy atom. The van der Waals surface area contributed by atoms with Gasteiger partial charge in [-0.15, -0.1) is 0 Å². The zero-order valence-electron chi connectivity index (χ0n) is 11.8. The number of nitrogens with one attached hydrogen (secondary N) is 1. The van der Waals surface area contributed by atoms with Crippen molar-refractivity contribution in [3.63, 3.8) is 0 Å². The summed E-state index contributed by atoms with van der Waals surface area (Å²) >= 11 is 0. The minimum absolute atomic E-state index is 0.164. The monoisotopic (exact) mass is 318 g/mol. The molecule has 1 amide bonds. The molecule has 22 heavy (non-hydrogen) atoms. The molecule has 1 heterocycles. The van der Waals surface area contributed by atoms with Crippen LogP contribution in [0.25, 0.3) is 0 Å². The molecule has 0 unspecified atom stereocenters. The van der Waals surface area contributed by atoms with Crippen molar-refractivity contribution in [3.05, 3.63) is 34.2 Å². The maximum Gasteiger partial charge on any atom is 0.417 e. The molecule has 0 spiro atoms. The highest BCUT2D eigenvalue weighted by Gasteiger charge is 2.31. The number of carbonyl (C=O) groups excluding carboxylic acids is 1. The third-order valence-corrected chi connectivity index (χ3v) is 3.73. The number of rotatable bonds is 4. The van der Waals surface area contributed by atoms with E-state index in [4.69, 9.17) is 0 Å². The van der Waals surface area contributed by atoms with Gasteiger partial charge in [0.1, 0.15) is 6.54 Å². The Bertz CT molecular complexity index is 598. The lowest BCUT2D eigenvalue weighted by atomic mass is 10.1. The summed E-state index contributed by atoms with van der Waals surface area (Å²) in [5.41, 5.74) is -1.64. The summed E-state index contributed by atoms with van der Waals surface area (Å²) in [6.45, 7) is -0.109. The number of nitrogens with zero attached hydrogens (tertiary/aromatic N) is 1. The van der Waals surface area contributed by atoms with E-state index in [1.165, 1.54) is 0 Å². The Morgan fingerprint density at radius 2 is 2.09 bits per heavy atom. The van der Waals surface area contributed by atoms with Crippen LogP contribution in [0, 0.1) is 5.92 Å². The third kappa shape index (κ3) is 4.33. The normalized spacial score (nSPS) is 21.8. The number of alkyl halides is 3. The average Bonchev–Trinajstić information content (AvgIpc) is 2.83. The molecular weight excluding hydrogens is 301 g/mol. The van der Waals surface area contributed by atoms with E-state index in [0.717, 1.165) is 17.1 Å². The fourth-order valence-corrected chi connectivity index (χ4v) is 2.53. The van der Waals surface area contributed by atoms with Crippen molar-refractivity contribution in [2.75, 3.05) is 6.54 Å². The molecule has 1 fully saturated rings. The number of halogens is 3. The molecule has 8 heteroatoms. The summed E-state index contributed by atoms with van der Waals surface area (Å²) in [6, 6.07) is 1.49. The van der Waals surface area contributed by atoms with E-state index in [2.05, 4.69) is 5.32 Å². The molecule has 0 saturated heterocycles. The Kier molecular flexibility index (Phi) is 4.90. The van der Waals surface area contributed by atoms with Gasteiger partial charge in [-0.05, 0) is 31.2 Å². The number of carbonyl (C=O) groups is 1. The van der Waals surface area contributed by atoms with Crippen molar-refractivity contribution in [2.24, 2.45) is 5.92 Å². The minimum atomic E-state index is -4.56. The van der Waals surface area contributed by atoms with Gasteiger partial charge >= 0.3 is 6.18 Å². The van der Waals surface area contributed by atoms with Crippen molar-refractivity contribution >= 4 is 5.91 Å². The molecule has 2 N–H and O–H groups in total. The molecule has 1 saturated carbocycles. The van der Waals surface area contributed by atoms with Gasteiger partial charge in [-0.1, -0.05) is 0 Å². The lowest BCUT2D eigenvalue weighted by Gasteiger charge is -2.13. The number of hydrogen-bond acceptors (Lipinski definition) is 3. The van der Waals surface area contributed by atoms with Crippen LogP contribution in [-0.4, -0.2) is 28.2 Å². The summed E-state index contributed by atoms with van der Waals surface area (Å²) in [6.07, 6.45) is -2.19. The summed E-state index contributed by atoms with van der Waals surface area (Å²) in [4.78, 5) is 23.3. The predicted molar refractivity (Wildman–Crippen MR) is 72.1 cm³/mol. The molecule has 5 nitrogen and oxygen atoms in total. The molecule has 0 aromatic carbocycles. The van der Waals surface area contributed by atoms with Crippen LogP contribution < -0.4 is 10.9 Å².